The maximum absolute atomic E-state index is 5.92. The van der Waals surface area contributed by atoms with Gasteiger partial charge in [0.1, 0.15) is 5.82 Å². The minimum absolute atomic E-state index is 0.189. The van der Waals surface area contributed by atoms with E-state index in [2.05, 4.69) is 22.0 Å². The van der Waals surface area contributed by atoms with Crippen molar-refractivity contribution < 1.29 is 4.74 Å². The molecular weight excluding hydrogens is 250 g/mol. The predicted molar refractivity (Wildman–Crippen MR) is 80.9 cm³/mol. The molecule has 0 bridgehead atoms. The number of rotatable bonds is 3. The van der Waals surface area contributed by atoms with Crippen LogP contribution in [0.3, 0.4) is 0 Å². The van der Waals surface area contributed by atoms with Gasteiger partial charge in [-0.3, -0.25) is 0 Å². The molecular formula is C16H25N3O. The van der Waals surface area contributed by atoms with Gasteiger partial charge in [0, 0.05) is 18.8 Å². The van der Waals surface area contributed by atoms with Crippen LogP contribution >= 0.6 is 0 Å². The van der Waals surface area contributed by atoms with E-state index in [1.54, 1.807) is 0 Å². The van der Waals surface area contributed by atoms with Gasteiger partial charge in [0.05, 0.1) is 18.8 Å². The van der Waals surface area contributed by atoms with Gasteiger partial charge in [-0.05, 0) is 37.8 Å². The molecule has 2 aliphatic rings. The van der Waals surface area contributed by atoms with Crippen LogP contribution in [0.4, 0.5) is 5.82 Å². The molecule has 2 fully saturated rings. The molecule has 1 aliphatic heterocycles. The van der Waals surface area contributed by atoms with E-state index in [1.165, 1.54) is 31.2 Å². The SMILES string of the molecule is CC(N)Cc1ccc(N2CCOC3CCCCC32)nc1. The fourth-order valence-corrected chi connectivity index (χ4v) is 3.46. The van der Waals surface area contributed by atoms with Gasteiger partial charge < -0.3 is 15.4 Å². The molecule has 3 unspecified atom stereocenters. The fraction of sp³-hybridized carbons (Fsp3) is 0.688. The summed E-state index contributed by atoms with van der Waals surface area (Å²) in [6.45, 7) is 3.81. The lowest BCUT2D eigenvalue weighted by Crippen LogP contribution is -2.53. The Morgan fingerprint density at radius 3 is 3.00 bits per heavy atom. The first kappa shape index (κ1) is 13.8. The molecule has 0 spiro atoms. The Labute approximate surface area is 121 Å². The zero-order valence-corrected chi connectivity index (χ0v) is 12.3. The van der Waals surface area contributed by atoms with Gasteiger partial charge >= 0.3 is 0 Å². The van der Waals surface area contributed by atoms with Gasteiger partial charge in [0.25, 0.3) is 0 Å². The first-order chi connectivity index (χ1) is 9.74. The second-order valence-corrected chi connectivity index (χ2v) is 6.16. The highest BCUT2D eigenvalue weighted by Gasteiger charge is 2.34. The van der Waals surface area contributed by atoms with Crippen LogP contribution in [0.15, 0.2) is 18.3 Å². The van der Waals surface area contributed by atoms with Crippen molar-refractivity contribution in [1.82, 2.24) is 4.98 Å². The van der Waals surface area contributed by atoms with Gasteiger partial charge in [-0.25, -0.2) is 4.98 Å². The third kappa shape index (κ3) is 2.96. The molecule has 1 saturated carbocycles. The molecule has 1 aromatic heterocycles. The van der Waals surface area contributed by atoms with Gasteiger partial charge in [-0.2, -0.15) is 0 Å². The van der Waals surface area contributed by atoms with E-state index in [0.717, 1.165) is 25.4 Å². The maximum Gasteiger partial charge on any atom is 0.128 e. The van der Waals surface area contributed by atoms with E-state index in [-0.39, 0.29) is 6.04 Å². The van der Waals surface area contributed by atoms with Crippen molar-refractivity contribution in [3.05, 3.63) is 23.9 Å². The molecule has 4 heteroatoms. The molecule has 4 nitrogen and oxygen atoms in total. The standard InChI is InChI=1S/C16H25N3O/c1-12(17)10-13-6-7-16(18-11-13)19-8-9-20-15-5-3-2-4-14(15)19/h6-7,11-12,14-15H,2-5,8-10,17H2,1H3. The van der Waals surface area contributed by atoms with Crippen molar-refractivity contribution >= 4 is 5.82 Å². The van der Waals surface area contributed by atoms with Crippen LogP contribution in [0.2, 0.25) is 0 Å². The lowest BCUT2D eigenvalue weighted by Gasteiger charge is -2.44. The van der Waals surface area contributed by atoms with Crippen molar-refractivity contribution in [2.24, 2.45) is 5.73 Å². The number of pyridine rings is 1. The molecule has 1 aromatic rings. The number of morpholine rings is 1. The number of hydrogen-bond donors (Lipinski definition) is 1. The molecule has 0 radical (unpaired) electrons. The number of nitrogens with zero attached hydrogens (tertiary/aromatic N) is 2. The molecule has 0 amide bonds. The molecule has 0 aromatic carbocycles. The summed E-state index contributed by atoms with van der Waals surface area (Å²) in [6.07, 6.45) is 8.31. The summed E-state index contributed by atoms with van der Waals surface area (Å²) in [6, 6.07) is 5.02. The Kier molecular flexibility index (Phi) is 4.22. The van der Waals surface area contributed by atoms with Crippen LogP contribution in [0.1, 0.15) is 38.2 Å². The van der Waals surface area contributed by atoms with E-state index < -0.39 is 0 Å². The molecule has 20 heavy (non-hydrogen) atoms. The monoisotopic (exact) mass is 275 g/mol. The van der Waals surface area contributed by atoms with E-state index in [0.29, 0.717) is 12.1 Å². The Balaban J connectivity index is 1.73. The smallest absolute Gasteiger partial charge is 0.128 e. The molecule has 3 atom stereocenters. The van der Waals surface area contributed by atoms with Gasteiger partial charge in [0.2, 0.25) is 0 Å². The summed E-state index contributed by atoms with van der Waals surface area (Å²) in [5.74, 6) is 1.10. The minimum atomic E-state index is 0.189. The minimum Gasteiger partial charge on any atom is -0.374 e. The molecule has 2 N–H and O–H groups in total. The topological polar surface area (TPSA) is 51.4 Å². The predicted octanol–water partition coefficient (Wildman–Crippen LogP) is 2.12. The second-order valence-electron chi connectivity index (χ2n) is 6.16. The third-order valence-corrected chi connectivity index (χ3v) is 4.39. The zero-order chi connectivity index (χ0) is 13.9. The van der Waals surface area contributed by atoms with Crippen LogP contribution in [-0.2, 0) is 11.2 Å². The second kappa shape index (κ2) is 6.10. The van der Waals surface area contributed by atoms with Gasteiger partial charge in [-0.1, -0.05) is 18.9 Å². The largest absolute Gasteiger partial charge is 0.374 e. The Morgan fingerprint density at radius 1 is 1.40 bits per heavy atom. The number of nitrogens with two attached hydrogens (primary N) is 1. The third-order valence-electron chi connectivity index (χ3n) is 4.39. The number of hydrogen-bond acceptors (Lipinski definition) is 4. The lowest BCUT2D eigenvalue weighted by atomic mass is 9.90. The summed E-state index contributed by atoms with van der Waals surface area (Å²) < 4.78 is 5.92. The van der Waals surface area contributed by atoms with Gasteiger partial charge in [0.15, 0.2) is 0 Å². The summed E-state index contributed by atoms with van der Waals surface area (Å²) in [5, 5.41) is 0. The molecule has 2 heterocycles. The molecule has 1 aliphatic carbocycles. The van der Waals surface area contributed by atoms with Crippen molar-refractivity contribution in [3.8, 4) is 0 Å². The lowest BCUT2D eigenvalue weighted by molar-refractivity contribution is -0.00898. The van der Waals surface area contributed by atoms with E-state index in [1.807, 2.05) is 13.1 Å². The normalized spacial score (nSPS) is 28.0. The summed E-state index contributed by atoms with van der Waals surface area (Å²) in [4.78, 5) is 7.11. The fourth-order valence-electron chi connectivity index (χ4n) is 3.46. The van der Waals surface area contributed by atoms with Crippen LogP contribution in [0.5, 0.6) is 0 Å². The van der Waals surface area contributed by atoms with E-state index >= 15 is 0 Å². The van der Waals surface area contributed by atoms with Crippen LogP contribution < -0.4 is 10.6 Å². The number of aromatic nitrogens is 1. The average molecular weight is 275 g/mol. The summed E-state index contributed by atoms with van der Waals surface area (Å²) in [5.41, 5.74) is 7.06. The zero-order valence-electron chi connectivity index (χ0n) is 12.3. The van der Waals surface area contributed by atoms with Crippen molar-refractivity contribution in [3.63, 3.8) is 0 Å². The van der Waals surface area contributed by atoms with Crippen LogP contribution in [-0.4, -0.2) is 36.3 Å². The molecule has 3 rings (SSSR count). The van der Waals surface area contributed by atoms with E-state index in [4.69, 9.17) is 10.5 Å². The quantitative estimate of drug-likeness (QED) is 0.918. The number of anilines is 1. The molecule has 110 valence electrons. The summed E-state index contributed by atoms with van der Waals surface area (Å²) >= 11 is 0. The van der Waals surface area contributed by atoms with Crippen LogP contribution in [0.25, 0.3) is 0 Å². The number of ether oxygens (including phenoxy) is 1. The van der Waals surface area contributed by atoms with Crippen molar-refractivity contribution in [2.75, 3.05) is 18.1 Å². The van der Waals surface area contributed by atoms with Crippen molar-refractivity contribution in [2.45, 2.75) is 57.2 Å². The molecule has 1 saturated heterocycles. The number of fused-ring (bicyclic) bond motifs is 1. The average Bonchev–Trinajstić information content (AvgIpc) is 2.47. The highest BCUT2D eigenvalue weighted by atomic mass is 16.5. The highest BCUT2D eigenvalue weighted by molar-refractivity contribution is 5.42. The summed E-state index contributed by atoms with van der Waals surface area (Å²) in [7, 11) is 0. The van der Waals surface area contributed by atoms with Gasteiger partial charge in [-0.15, -0.1) is 0 Å². The van der Waals surface area contributed by atoms with Crippen LogP contribution in [0, 0.1) is 0 Å². The highest BCUT2D eigenvalue weighted by Crippen LogP contribution is 2.31. The Bertz CT molecular complexity index is 430. The first-order valence-corrected chi connectivity index (χ1v) is 7.83. The van der Waals surface area contributed by atoms with Crippen molar-refractivity contribution in [1.29, 1.82) is 0 Å². The first-order valence-electron chi connectivity index (χ1n) is 7.83. The maximum atomic E-state index is 5.92. The Hall–Kier alpha value is -1.13. The van der Waals surface area contributed by atoms with E-state index in [9.17, 15) is 0 Å². The Morgan fingerprint density at radius 2 is 2.25 bits per heavy atom.